The van der Waals surface area contributed by atoms with Crippen LogP contribution in [-0.2, 0) is 6.42 Å². The van der Waals surface area contributed by atoms with E-state index in [0.29, 0.717) is 34.4 Å². The van der Waals surface area contributed by atoms with Gasteiger partial charge in [-0.1, -0.05) is 38.1 Å². The molecular formula is C23H25NO4. The van der Waals surface area contributed by atoms with Crippen molar-refractivity contribution in [3.05, 3.63) is 58.3 Å². The standard InChI is InChI=1S/C23H25NO4/c1-14(2)15-5-7-16(8-6-15)21(25)19-12-18-17(9-10-24(19)3)11-20-23(22(18)26-4)28-13-27-20/h5-8,11-12,14H,9-10,13H2,1-4H3. The normalized spacial score (nSPS) is 15.2. The first-order valence-electron chi connectivity index (χ1n) is 9.56. The lowest BCUT2D eigenvalue weighted by atomic mass is 9.98. The lowest BCUT2D eigenvalue weighted by molar-refractivity contribution is 0.100. The van der Waals surface area contributed by atoms with Gasteiger partial charge in [-0.2, -0.15) is 0 Å². The van der Waals surface area contributed by atoms with Crippen LogP contribution in [0.1, 0.15) is 46.8 Å². The molecule has 0 unspecified atom stereocenters. The molecule has 2 aromatic carbocycles. The Balaban J connectivity index is 1.78. The number of fused-ring (bicyclic) bond motifs is 2. The van der Waals surface area contributed by atoms with E-state index in [0.717, 1.165) is 24.1 Å². The molecule has 0 amide bonds. The summed E-state index contributed by atoms with van der Waals surface area (Å²) in [5.74, 6) is 2.37. The minimum Gasteiger partial charge on any atom is -0.492 e. The number of likely N-dealkylation sites (N-methyl/N-ethyl adjacent to an activating group) is 1. The second-order valence-corrected chi connectivity index (χ2v) is 7.52. The Kier molecular flexibility index (Phi) is 4.75. The van der Waals surface area contributed by atoms with Crippen LogP contribution in [0.15, 0.2) is 36.0 Å². The maximum Gasteiger partial charge on any atom is 0.231 e. The molecule has 0 fully saturated rings. The molecule has 0 radical (unpaired) electrons. The number of ketones is 1. The number of hydrogen-bond acceptors (Lipinski definition) is 5. The molecule has 0 bridgehead atoms. The minimum atomic E-state index is 0.00498. The number of carbonyl (C=O) groups excluding carboxylic acids is 1. The van der Waals surface area contributed by atoms with Crippen molar-refractivity contribution in [2.45, 2.75) is 26.2 Å². The highest BCUT2D eigenvalue weighted by atomic mass is 16.7. The molecule has 0 saturated heterocycles. The molecule has 4 rings (SSSR count). The van der Waals surface area contributed by atoms with Crippen LogP contribution < -0.4 is 14.2 Å². The summed E-state index contributed by atoms with van der Waals surface area (Å²) >= 11 is 0. The van der Waals surface area contributed by atoms with Crippen molar-refractivity contribution < 1.29 is 19.0 Å². The van der Waals surface area contributed by atoms with E-state index in [1.54, 1.807) is 7.11 Å². The van der Waals surface area contributed by atoms with Crippen LogP contribution in [0.2, 0.25) is 0 Å². The Hall–Kier alpha value is -2.95. The van der Waals surface area contributed by atoms with Crippen molar-refractivity contribution in [3.63, 3.8) is 0 Å². The quantitative estimate of drug-likeness (QED) is 0.743. The predicted molar refractivity (Wildman–Crippen MR) is 108 cm³/mol. The van der Waals surface area contributed by atoms with Gasteiger partial charge in [-0.25, -0.2) is 0 Å². The van der Waals surface area contributed by atoms with E-state index in [4.69, 9.17) is 14.2 Å². The second-order valence-electron chi connectivity index (χ2n) is 7.52. The van der Waals surface area contributed by atoms with E-state index < -0.39 is 0 Å². The number of allylic oxidation sites excluding steroid dienone is 1. The third-order valence-electron chi connectivity index (χ3n) is 5.43. The predicted octanol–water partition coefficient (Wildman–Crippen LogP) is 4.26. The number of methoxy groups -OCH3 is 1. The maximum absolute atomic E-state index is 13.3. The topological polar surface area (TPSA) is 48.0 Å². The summed E-state index contributed by atoms with van der Waals surface area (Å²) in [5, 5.41) is 0. The first-order valence-corrected chi connectivity index (χ1v) is 9.56. The summed E-state index contributed by atoms with van der Waals surface area (Å²) in [7, 11) is 3.57. The van der Waals surface area contributed by atoms with Gasteiger partial charge in [-0.3, -0.25) is 4.79 Å². The largest absolute Gasteiger partial charge is 0.492 e. The first-order chi connectivity index (χ1) is 13.5. The molecule has 0 N–H and O–H groups in total. The molecule has 0 aliphatic carbocycles. The Morgan fingerprint density at radius 2 is 1.93 bits per heavy atom. The average molecular weight is 379 g/mol. The molecule has 2 aliphatic rings. The lowest BCUT2D eigenvalue weighted by Crippen LogP contribution is -2.24. The molecular weight excluding hydrogens is 354 g/mol. The molecule has 5 nitrogen and oxygen atoms in total. The van der Waals surface area contributed by atoms with Crippen molar-refractivity contribution in [1.29, 1.82) is 0 Å². The summed E-state index contributed by atoms with van der Waals surface area (Å²) in [6, 6.07) is 9.88. The van der Waals surface area contributed by atoms with Gasteiger partial charge in [0.05, 0.1) is 12.8 Å². The smallest absolute Gasteiger partial charge is 0.231 e. The van der Waals surface area contributed by atoms with E-state index in [-0.39, 0.29) is 12.6 Å². The van der Waals surface area contributed by atoms with Gasteiger partial charge in [-0.15, -0.1) is 0 Å². The Labute approximate surface area is 165 Å². The Morgan fingerprint density at radius 1 is 1.18 bits per heavy atom. The van der Waals surface area contributed by atoms with Gasteiger partial charge in [0, 0.05) is 24.7 Å². The van der Waals surface area contributed by atoms with Gasteiger partial charge >= 0.3 is 0 Å². The zero-order valence-electron chi connectivity index (χ0n) is 16.7. The van der Waals surface area contributed by atoms with Gasteiger partial charge in [0.1, 0.15) is 0 Å². The minimum absolute atomic E-state index is 0.00498. The third kappa shape index (κ3) is 3.11. The molecule has 146 valence electrons. The summed E-state index contributed by atoms with van der Waals surface area (Å²) in [6.45, 7) is 5.21. The van der Waals surface area contributed by atoms with Gasteiger partial charge in [0.2, 0.25) is 18.3 Å². The van der Waals surface area contributed by atoms with Crippen molar-refractivity contribution in [3.8, 4) is 17.2 Å². The summed E-state index contributed by atoms with van der Waals surface area (Å²) in [5.41, 5.74) is 4.53. The molecule has 5 heteroatoms. The number of nitrogens with zero attached hydrogens (tertiary/aromatic N) is 1. The fourth-order valence-corrected chi connectivity index (χ4v) is 3.71. The van der Waals surface area contributed by atoms with E-state index in [2.05, 4.69) is 13.8 Å². The number of rotatable bonds is 4. The van der Waals surface area contributed by atoms with Crippen LogP contribution in [-0.4, -0.2) is 38.2 Å². The molecule has 2 aliphatic heterocycles. The fraction of sp³-hybridized carbons (Fsp3) is 0.348. The van der Waals surface area contributed by atoms with E-state index in [9.17, 15) is 4.79 Å². The third-order valence-corrected chi connectivity index (χ3v) is 5.43. The number of Topliss-reactive ketones (excluding diaryl/α,β-unsaturated/α-hetero) is 1. The summed E-state index contributed by atoms with van der Waals surface area (Å²) in [6.07, 6.45) is 2.71. The van der Waals surface area contributed by atoms with Crippen molar-refractivity contribution in [2.24, 2.45) is 0 Å². The molecule has 0 spiro atoms. The van der Waals surface area contributed by atoms with Gasteiger partial charge < -0.3 is 19.1 Å². The van der Waals surface area contributed by atoms with Crippen LogP contribution in [0, 0.1) is 0 Å². The van der Waals surface area contributed by atoms with E-state index >= 15 is 0 Å². The second kappa shape index (κ2) is 7.23. The highest BCUT2D eigenvalue weighted by Crippen LogP contribution is 2.46. The molecule has 0 atom stereocenters. The molecule has 2 heterocycles. The molecule has 0 aromatic heterocycles. The Morgan fingerprint density at radius 3 is 2.61 bits per heavy atom. The SMILES string of the molecule is COc1c2c(cc3c1OCO3)CCN(C)C(C(=O)c1ccc(C(C)C)cc1)=C2. The fourth-order valence-electron chi connectivity index (χ4n) is 3.71. The number of ether oxygens (including phenoxy) is 3. The van der Waals surface area contributed by atoms with Crippen molar-refractivity contribution >= 4 is 11.9 Å². The highest BCUT2D eigenvalue weighted by Gasteiger charge is 2.28. The van der Waals surface area contributed by atoms with Crippen LogP contribution in [0.4, 0.5) is 0 Å². The monoisotopic (exact) mass is 379 g/mol. The summed E-state index contributed by atoms with van der Waals surface area (Å²) < 4.78 is 16.8. The lowest BCUT2D eigenvalue weighted by Gasteiger charge is -2.20. The zero-order valence-corrected chi connectivity index (χ0v) is 16.7. The molecule has 28 heavy (non-hydrogen) atoms. The van der Waals surface area contributed by atoms with Crippen molar-refractivity contribution in [1.82, 2.24) is 4.90 Å². The van der Waals surface area contributed by atoms with Gasteiger partial charge in [0.25, 0.3) is 0 Å². The summed E-state index contributed by atoms with van der Waals surface area (Å²) in [4.78, 5) is 15.3. The highest BCUT2D eigenvalue weighted by molar-refractivity contribution is 6.11. The average Bonchev–Trinajstić information content (AvgIpc) is 3.10. The van der Waals surface area contributed by atoms with Gasteiger partial charge in [0.15, 0.2) is 11.5 Å². The maximum atomic E-state index is 13.3. The molecule has 2 aromatic rings. The number of hydrogen-bond donors (Lipinski definition) is 0. The van der Waals surface area contributed by atoms with Crippen LogP contribution in [0.25, 0.3) is 6.08 Å². The van der Waals surface area contributed by atoms with Crippen molar-refractivity contribution in [2.75, 3.05) is 27.5 Å². The van der Waals surface area contributed by atoms with Crippen LogP contribution in [0.3, 0.4) is 0 Å². The van der Waals surface area contributed by atoms with Gasteiger partial charge in [-0.05, 0) is 35.6 Å². The number of carbonyl (C=O) groups is 1. The van der Waals surface area contributed by atoms with E-state index in [1.807, 2.05) is 48.4 Å². The zero-order chi connectivity index (χ0) is 19.8. The molecule has 0 saturated carbocycles. The van der Waals surface area contributed by atoms with Crippen LogP contribution >= 0.6 is 0 Å². The Bertz CT molecular complexity index is 944. The van der Waals surface area contributed by atoms with Crippen LogP contribution in [0.5, 0.6) is 17.2 Å². The first kappa shape index (κ1) is 18.4. The number of benzene rings is 2. The van der Waals surface area contributed by atoms with E-state index in [1.165, 1.54) is 5.56 Å².